The first kappa shape index (κ1) is 10.0. The summed E-state index contributed by atoms with van der Waals surface area (Å²) < 4.78 is 4.46. The van der Waals surface area contributed by atoms with E-state index in [-0.39, 0.29) is 5.54 Å². The Hall–Kier alpha value is -0.990. The molecule has 0 bridgehead atoms. The van der Waals surface area contributed by atoms with Crippen molar-refractivity contribution in [3.63, 3.8) is 0 Å². The van der Waals surface area contributed by atoms with E-state index < -0.39 is 5.97 Å². The van der Waals surface area contributed by atoms with E-state index in [9.17, 15) is 4.79 Å². The van der Waals surface area contributed by atoms with Gasteiger partial charge in [0.1, 0.15) is 5.70 Å². The highest BCUT2D eigenvalue weighted by molar-refractivity contribution is 5.86. The number of nitrogens with one attached hydrogen (secondary N) is 1. The van der Waals surface area contributed by atoms with Crippen LogP contribution in [0.5, 0.6) is 0 Å². The zero-order chi connectivity index (χ0) is 9.07. The lowest BCUT2D eigenvalue weighted by molar-refractivity contribution is -0.136. The number of carbonyl (C=O) groups excluding carboxylic acids is 1. The van der Waals surface area contributed by atoms with Crippen LogP contribution in [0.4, 0.5) is 0 Å². The van der Waals surface area contributed by atoms with E-state index >= 15 is 0 Å². The lowest BCUT2D eigenvalue weighted by atomic mass is 10.1. The Labute approximate surface area is 67.4 Å². The van der Waals surface area contributed by atoms with Crippen LogP contribution >= 0.6 is 0 Å². The Morgan fingerprint density at radius 2 is 1.91 bits per heavy atom. The Balaban J connectivity index is 3.99. The summed E-state index contributed by atoms with van der Waals surface area (Å²) in [7, 11) is 1.33. The molecule has 0 unspecified atom stereocenters. The van der Waals surface area contributed by atoms with Gasteiger partial charge in [-0.3, -0.25) is 0 Å². The summed E-state index contributed by atoms with van der Waals surface area (Å²) in [6.07, 6.45) is 0. The van der Waals surface area contributed by atoms with E-state index in [0.29, 0.717) is 5.70 Å². The first-order valence-electron chi connectivity index (χ1n) is 3.42. The summed E-state index contributed by atoms with van der Waals surface area (Å²) in [4.78, 5) is 10.8. The second-order valence-corrected chi connectivity index (χ2v) is 3.35. The molecule has 0 aromatic rings. The van der Waals surface area contributed by atoms with Crippen molar-refractivity contribution in [1.82, 2.24) is 5.32 Å². The van der Waals surface area contributed by atoms with Crippen molar-refractivity contribution >= 4 is 5.97 Å². The van der Waals surface area contributed by atoms with Crippen LogP contribution in [0.15, 0.2) is 12.3 Å². The number of esters is 1. The number of ether oxygens (including phenoxy) is 1. The van der Waals surface area contributed by atoms with Crippen LogP contribution in [0.25, 0.3) is 0 Å². The molecule has 0 radical (unpaired) electrons. The van der Waals surface area contributed by atoms with Gasteiger partial charge in [-0.15, -0.1) is 0 Å². The van der Waals surface area contributed by atoms with Gasteiger partial charge >= 0.3 is 5.97 Å². The average Bonchev–Trinajstić information content (AvgIpc) is 1.82. The fraction of sp³-hybridized carbons (Fsp3) is 0.625. The van der Waals surface area contributed by atoms with Gasteiger partial charge in [-0.1, -0.05) is 6.58 Å². The van der Waals surface area contributed by atoms with E-state index in [4.69, 9.17) is 0 Å². The minimum atomic E-state index is -0.417. The fourth-order valence-electron chi connectivity index (χ4n) is 0.627. The molecule has 3 heteroatoms. The van der Waals surface area contributed by atoms with Gasteiger partial charge in [0.15, 0.2) is 0 Å². The summed E-state index contributed by atoms with van der Waals surface area (Å²) in [5.74, 6) is -0.417. The highest BCUT2D eigenvalue weighted by atomic mass is 16.5. The summed E-state index contributed by atoms with van der Waals surface area (Å²) in [6.45, 7) is 9.36. The molecule has 0 amide bonds. The molecule has 1 N–H and O–H groups in total. The number of hydrogen-bond donors (Lipinski definition) is 1. The molecule has 0 heterocycles. The molecule has 0 spiro atoms. The normalized spacial score (nSPS) is 10.5. The third-order valence-electron chi connectivity index (χ3n) is 0.958. The molecule has 0 rings (SSSR count). The first-order chi connectivity index (χ1) is 4.87. The molecule has 64 valence electrons. The maximum absolute atomic E-state index is 10.8. The van der Waals surface area contributed by atoms with Crippen LogP contribution in [-0.2, 0) is 9.53 Å². The van der Waals surface area contributed by atoms with Crippen LogP contribution in [0.2, 0.25) is 0 Å². The van der Waals surface area contributed by atoms with Crippen molar-refractivity contribution < 1.29 is 9.53 Å². The van der Waals surface area contributed by atoms with Crippen LogP contribution < -0.4 is 5.32 Å². The third kappa shape index (κ3) is 4.42. The van der Waals surface area contributed by atoms with Crippen molar-refractivity contribution in [3.05, 3.63) is 12.3 Å². The Bertz CT molecular complexity index is 167. The van der Waals surface area contributed by atoms with E-state index in [1.54, 1.807) is 0 Å². The number of rotatable bonds is 2. The summed E-state index contributed by atoms with van der Waals surface area (Å²) >= 11 is 0. The minimum absolute atomic E-state index is 0.148. The van der Waals surface area contributed by atoms with Gasteiger partial charge in [-0.2, -0.15) is 0 Å². The average molecular weight is 157 g/mol. The second-order valence-electron chi connectivity index (χ2n) is 3.35. The lowest BCUT2D eigenvalue weighted by Crippen LogP contribution is -2.37. The summed E-state index contributed by atoms with van der Waals surface area (Å²) in [5, 5.41) is 2.90. The Kier molecular flexibility index (Phi) is 3.11. The van der Waals surface area contributed by atoms with Crippen molar-refractivity contribution in [3.8, 4) is 0 Å². The Morgan fingerprint density at radius 1 is 1.45 bits per heavy atom. The predicted molar refractivity (Wildman–Crippen MR) is 44.0 cm³/mol. The zero-order valence-electron chi connectivity index (χ0n) is 7.52. The highest BCUT2D eigenvalue weighted by Crippen LogP contribution is 2.02. The van der Waals surface area contributed by atoms with Gasteiger partial charge in [-0.25, -0.2) is 4.79 Å². The maximum atomic E-state index is 10.8. The van der Waals surface area contributed by atoms with Crippen LogP contribution in [0, 0.1) is 0 Å². The van der Waals surface area contributed by atoms with Gasteiger partial charge in [0.25, 0.3) is 0 Å². The smallest absolute Gasteiger partial charge is 0.353 e. The SMILES string of the molecule is C=C(NC(C)(C)C)C(=O)OC. The van der Waals surface area contributed by atoms with Gasteiger partial charge < -0.3 is 10.1 Å². The lowest BCUT2D eigenvalue weighted by Gasteiger charge is -2.22. The molecule has 0 aliphatic rings. The highest BCUT2D eigenvalue weighted by Gasteiger charge is 2.14. The van der Waals surface area contributed by atoms with Crippen LogP contribution in [-0.4, -0.2) is 18.6 Å². The maximum Gasteiger partial charge on any atom is 0.353 e. The first-order valence-corrected chi connectivity index (χ1v) is 3.42. The summed E-state index contributed by atoms with van der Waals surface area (Å²) in [6, 6.07) is 0. The third-order valence-corrected chi connectivity index (χ3v) is 0.958. The van der Waals surface area contributed by atoms with Crippen LogP contribution in [0.3, 0.4) is 0 Å². The molecule has 0 aliphatic heterocycles. The van der Waals surface area contributed by atoms with Gasteiger partial charge in [0, 0.05) is 5.54 Å². The molecule has 0 fully saturated rings. The Morgan fingerprint density at radius 3 is 2.18 bits per heavy atom. The molecule has 0 aromatic carbocycles. The molecule has 0 saturated carbocycles. The summed E-state index contributed by atoms with van der Waals surface area (Å²) in [5.41, 5.74) is 0.144. The topological polar surface area (TPSA) is 38.3 Å². The molecular weight excluding hydrogens is 142 g/mol. The van der Waals surface area contributed by atoms with Gasteiger partial charge in [0.05, 0.1) is 7.11 Å². The van der Waals surface area contributed by atoms with Crippen LogP contribution in [0.1, 0.15) is 20.8 Å². The van der Waals surface area contributed by atoms with Gasteiger partial charge in [0.2, 0.25) is 0 Å². The van der Waals surface area contributed by atoms with E-state index in [0.717, 1.165) is 0 Å². The van der Waals surface area contributed by atoms with E-state index in [1.807, 2.05) is 20.8 Å². The quantitative estimate of drug-likeness (QED) is 0.481. The largest absolute Gasteiger partial charge is 0.464 e. The minimum Gasteiger partial charge on any atom is -0.464 e. The molecule has 0 aliphatic carbocycles. The van der Waals surface area contributed by atoms with Crippen molar-refractivity contribution in [2.24, 2.45) is 0 Å². The molecule has 0 aromatic heterocycles. The van der Waals surface area contributed by atoms with Crippen molar-refractivity contribution in [2.45, 2.75) is 26.3 Å². The number of methoxy groups -OCH3 is 1. The van der Waals surface area contributed by atoms with E-state index in [2.05, 4.69) is 16.6 Å². The van der Waals surface area contributed by atoms with E-state index in [1.165, 1.54) is 7.11 Å². The molecule has 3 nitrogen and oxygen atoms in total. The molecule has 0 atom stereocenters. The molecule has 0 saturated heterocycles. The van der Waals surface area contributed by atoms with Crippen molar-refractivity contribution in [2.75, 3.05) is 7.11 Å². The number of carbonyl (C=O) groups is 1. The molecular formula is C8H15NO2. The standard InChI is InChI=1S/C8H15NO2/c1-6(7(10)11-5)9-8(2,3)4/h9H,1H2,2-5H3. The van der Waals surface area contributed by atoms with Crippen molar-refractivity contribution in [1.29, 1.82) is 0 Å². The zero-order valence-corrected chi connectivity index (χ0v) is 7.52. The monoisotopic (exact) mass is 157 g/mol. The molecule has 11 heavy (non-hydrogen) atoms. The number of hydrogen-bond acceptors (Lipinski definition) is 3. The fourth-order valence-corrected chi connectivity index (χ4v) is 0.627. The predicted octanol–water partition coefficient (Wildman–Crippen LogP) is 1.06. The van der Waals surface area contributed by atoms with Gasteiger partial charge in [-0.05, 0) is 20.8 Å². The second kappa shape index (κ2) is 3.42.